The van der Waals surface area contributed by atoms with Gasteiger partial charge in [-0.25, -0.2) is 0 Å². The van der Waals surface area contributed by atoms with Crippen molar-refractivity contribution in [3.8, 4) is 0 Å². The van der Waals surface area contributed by atoms with Gasteiger partial charge in [-0.2, -0.15) is 0 Å². The van der Waals surface area contributed by atoms with Crippen LogP contribution in [0.5, 0.6) is 0 Å². The van der Waals surface area contributed by atoms with Crippen LogP contribution in [0.25, 0.3) is 0 Å². The van der Waals surface area contributed by atoms with Gasteiger partial charge in [-0.3, -0.25) is 14.9 Å². The molecule has 2 N–H and O–H groups in total. The van der Waals surface area contributed by atoms with E-state index in [4.69, 9.17) is 0 Å². The second kappa shape index (κ2) is 8.55. The second-order valence-electron chi connectivity index (χ2n) is 5.65. The summed E-state index contributed by atoms with van der Waals surface area (Å²) >= 11 is 3.50. The third-order valence-corrected chi connectivity index (χ3v) is 6.40. The highest BCUT2D eigenvalue weighted by atomic mass is 32.2. The van der Waals surface area contributed by atoms with Crippen molar-refractivity contribution in [2.45, 2.75) is 25.1 Å². The van der Waals surface area contributed by atoms with Gasteiger partial charge >= 0.3 is 0 Å². The number of benzene rings is 1. The minimum atomic E-state index is -0.317. The molecule has 2 heterocycles. The van der Waals surface area contributed by atoms with E-state index in [0.29, 0.717) is 20.0 Å². The summed E-state index contributed by atoms with van der Waals surface area (Å²) in [7, 11) is 0. The standard InChI is InChI=1S/C16H16N6O2S3/c1-8-4-5-11(6-9(8)2)17-12(23)7-25-16-21-20-15(26-16)18-14(24)13-10(3)19-22-27-13/h4-6H,7H2,1-3H3,(H,17,23)(H,18,20,24). The van der Waals surface area contributed by atoms with Crippen molar-refractivity contribution in [1.82, 2.24) is 19.8 Å². The fourth-order valence-corrected chi connectivity index (χ4v) is 4.15. The van der Waals surface area contributed by atoms with E-state index >= 15 is 0 Å². The van der Waals surface area contributed by atoms with Crippen LogP contribution in [0, 0.1) is 20.8 Å². The molecule has 2 aromatic heterocycles. The minimum Gasteiger partial charge on any atom is -0.325 e. The Kier molecular flexibility index (Phi) is 6.14. The average Bonchev–Trinajstić information content (AvgIpc) is 3.25. The molecule has 0 radical (unpaired) electrons. The molecule has 140 valence electrons. The quantitative estimate of drug-likeness (QED) is 0.465. The van der Waals surface area contributed by atoms with Gasteiger partial charge in [-0.15, -0.1) is 15.3 Å². The van der Waals surface area contributed by atoms with Crippen molar-refractivity contribution in [3.63, 3.8) is 0 Å². The van der Waals surface area contributed by atoms with E-state index in [1.165, 1.54) is 28.7 Å². The number of thioether (sulfide) groups is 1. The molecule has 2 amide bonds. The van der Waals surface area contributed by atoms with Gasteiger partial charge in [0.25, 0.3) is 5.91 Å². The zero-order valence-electron chi connectivity index (χ0n) is 14.8. The highest BCUT2D eigenvalue weighted by Crippen LogP contribution is 2.26. The zero-order chi connectivity index (χ0) is 19.4. The van der Waals surface area contributed by atoms with Crippen molar-refractivity contribution in [3.05, 3.63) is 39.9 Å². The van der Waals surface area contributed by atoms with Crippen molar-refractivity contribution in [1.29, 1.82) is 0 Å². The Hall–Kier alpha value is -2.37. The average molecular weight is 421 g/mol. The molecule has 0 saturated heterocycles. The Morgan fingerprint density at radius 2 is 1.89 bits per heavy atom. The number of aromatic nitrogens is 4. The lowest BCUT2D eigenvalue weighted by atomic mass is 10.1. The van der Waals surface area contributed by atoms with Crippen LogP contribution in [-0.2, 0) is 4.79 Å². The van der Waals surface area contributed by atoms with Crippen molar-refractivity contribution in [2.75, 3.05) is 16.4 Å². The summed E-state index contributed by atoms with van der Waals surface area (Å²) in [6.45, 7) is 5.74. The maximum absolute atomic E-state index is 12.1. The number of nitrogens with one attached hydrogen (secondary N) is 2. The number of nitrogens with zero attached hydrogens (tertiary/aromatic N) is 4. The highest BCUT2D eigenvalue weighted by Gasteiger charge is 2.16. The Bertz CT molecular complexity index is 984. The Labute approximate surface area is 168 Å². The number of hydrogen-bond acceptors (Lipinski definition) is 9. The van der Waals surface area contributed by atoms with Crippen LogP contribution in [0.4, 0.5) is 10.8 Å². The van der Waals surface area contributed by atoms with Crippen LogP contribution in [0.15, 0.2) is 22.5 Å². The first-order chi connectivity index (χ1) is 12.9. The largest absolute Gasteiger partial charge is 0.325 e. The maximum atomic E-state index is 12.1. The summed E-state index contributed by atoms with van der Waals surface area (Å²) in [6, 6.07) is 5.78. The number of hydrogen-bond donors (Lipinski definition) is 2. The third-order valence-electron chi connectivity index (χ3n) is 3.60. The number of amides is 2. The first-order valence-electron chi connectivity index (χ1n) is 7.86. The van der Waals surface area contributed by atoms with Gasteiger partial charge < -0.3 is 5.32 Å². The van der Waals surface area contributed by atoms with E-state index in [2.05, 4.69) is 30.4 Å². The number of carbonyl (C=O) groups is 2. The molecule has 8 nitrogen and oxygen atoms in total. The molecular formula is C16H16N6O2S3. The van der Waals surface area contributed by atoms with Crippen LogP contribution >= 0.6 is 34.6 Å². The van der Waals surface area contributed by atoms with Gasteiger partial charge in [-0.05, 0) is 55.6 Å². The molecular weight excluding hydrogens is 404 g/mol. The molecule has 3 aromatic rings. The molecule has 0 saturated carbocycles. The molecule has 0 fully saturated rings. The fourth-order valence-electron chi connectivity index (χ4n) is 2.06. The molecule has 11 heteroatoms. The monoisotopic (exact) mass is 420 g/mol. The van der Waals surface area contributed by atoms with E-state index in [-0.39, 0.29) is 17.6 Å². The molecule has 0 spiro atoms. The summed E-state index contributed by atoms with van der Waals surface area (Å²) in [6.07, 6.45) is 0. The number of aryl methyl sites for hydroxylation is 3. The van der Waals surface area contributed by atoms with Gasteiger partial charge in [0.2, 0.25) is 11.0 Å². The van der Waals surface area contributed by atoms with Crippen LogP contribution in [0.1, 0.15) is 26.5 Å². The molecule has 0 aliphatic rings. The maximum Gasteiger partial charge on any atom is 0.271 e. The van der Waals surface area contributed by atoms with E-state index in [1.54, 1.807) is 6.92 Å². The molecule has 0 bridgehead atoms. The van der Waals surface area contributed by atoms with Gasteiger partial charge in [0.05, 0.1) is 11.4 Å². The second-order valence-corrected chi connectivity index (χ2v) is 8.60. The Morgan fingerprint density at radius 1 is 1.07 bits per heavy atom. The Balaban J connectivity index is 1.51. The molecule has 0 unspecified atom stereocenters. The molecule has 1 aromatic carbocycles. The van der Waals surface area contributed by atoms with Crippen LogP contribution in [-0.4, -0.2) is 37.4 Å². The summed E-state index contributed by atoms with van der Waals surface area (Å²) in [5, 5.41) is 17.6. The van der Waals surface area contributed by atoms with E-state index in [9.17, 15) is 9.59 Å². The fraction of sp³-hybridized carbons (Fsp3) is 0.250. The van der Waals surface area contributed by atoms with Crippen molar-refractivity contribution < 1.29 is 9.59 Å². The number of carbonyl (C=O) groups excluding carboxylic acids is 2. The summed E-state index contributed by atoms with van der Waals surface area (Å²) < 4.78 is 4.33. The summed E-state index contributed by atoms with van der Waals surface area (Å²) in [5.74, 6) is -0.244. The van der Waals surface area contributed by atoms with Gasteiger partial charge in [0.15, 0.2) is 4.34 Å². The molecule has 0 atom stereocenters. The number of rotatable bonds is 6. The van der Waals surface area contributed by atoms with Gasteiger partial charge in [-0.1, -0.05) is 33.7 Å². The predicted molar refractivity (Wildman–Crippen MR) is 108 cm³/mol. The smallest absolute Gasteiger partial charge is 0.271 e. The first kappa shape index (κ1) is 19.4. The lowest BCUT2D eigenvalue weighted by Gasteiger charge is -2.06. The van der Waals surface area contributed by atoms with Crippen molar-refractivity contribution in [2.24, 2.45) is 0 Å². The van der Waals surface area contributed by atoms with E-state index in [1.807, 2.05) is 32.0 Å². The zero-order valence-corrected chi connectivity index (χ0v) is 17.2. The van der Waals surface area contributed by atoms with Crippen molar-refractivity contribution >= 4 is 57.3 Å². The minimum absolute atomic E-state index is 0.129. The van der Waals surface area contributed by atoms with Gasteiger partial charge in [0, 0.05) is 5.69 Å². The highest BCUT2D eigenvalue weighted by molar-refractivity contribution is 8.01. The van der Waals surface area contributed by atoms with Crippen LogP contribution in [0.2, 0.25) is 0 Å². The summed E-state index contributed by atoms with van der Waals surface area (Å²) in [5.41, 5.74) is 3.63. The Morgan fingerprint density at radius 3 is 2.59 bits per heavy atom. The SMILES string of the molecule is Cc1ccc(NC(=O)CSc2nnc(NC(=O)c3snnc3C)s2)cc1C. The molecule has 0 aliphatic carbocycles. The molecule has 0 aliphatic heterocycles. The van der Waals surface area contributed by atoms with Gasteiger partial charge in [0.1, 0.15) is 4.88 Å². The van der Waals surface area contributed by atoms with E-state index in [0.717, 1.165) is 22.8 Å². The van der Waals surface area contributed by atoms with Crippen LogP contribution in [0.3, 0.4) is 0 Å². The first-order valence-corrected chi connectivity index (χ1v) is 10.4. The predicted octanol–water partition coefficient (Wildman–Crippen LogP) is 3.30. The normalized spacial score (nSPS) is 10.6. The lowest BCUT2D eigenvalue weighted by Crippen LogP contribution is -2.14. The molecule has 3 rings (SSSR count). The topological polar surface area (TPSA) is 110 Å². The molecule has 27 heavy (non-hydrogen) atoms. The number of anilines is 2. The lowest BCUT2D eigenvalue weighted by molar-refractivity contribution is -0.113. The summed E-state index contributed by atoms with van der Waals surface area (Å²) in [4.78, 5) is 24.7. The van der Waals surface area contributed by atoms with Crippen LogP contribution < -0.4 is 10.6 Å². The van der Waals surface area contributed by atoms with E-state index < -0.39 is 0 Å². The third kappa shape index (κ3) is 5.08.